The molecule has 11 heavy (non-hydrogen) atoms. The van der Waals surface area contributed by atoms with Crippen LogP contribution < -0.4 is 0 Å². The number of ether oxygens (including phenoxy) is 1. The smallest absolute Gasteiger partial charge is 0.337 e. The van der Waals surface area contributed by atoms with Crippen molar-refractivity contribution in [2.45, 2.75) is 6.42 Å². The fourth-order valence-electron chi connectivity index (χ4n) is 0.819. The predicted octanol–water partition coefficient (Wildman–Crippen LogP) is 1.82. The van der Waals surface area contributed by atoms with Gasteiger partial charge in [-0.1, -0.05) is 17.7 Å². The minimum atomic E-state index is -0.348. The zero-order valence-corrected chi connectivity index (χ0v) is 6.89. The van der Waals surface area contributed by atoms with Crippen molar-refractivity contribution >= 4 is 17.6 Å². The molecule has 0 heterocycles. The number of hydrogen-bond donors (Lipinski definition) is 0. The van der Waals surface area contributed by atoms with E-state index in [2.05, 4.69) is 4.74 Å². The van der Waals surface area contributed by atoms with Gasteiger partial charge < -0.3 is 4.74 Å². The Bertz CT molecular complexity index is 228. The molecule has 0 saturated heterocycles. The number of esters is 1. The molecule has 0 N–H and O–H groups in total. The Labute approximate surface area is 70.5 Å². The van der Waals surface area contributed by atoms with Crippen molar-refractivity contribution in [3.8, 4) is 0 Å². The molecular weight excluding hydrogens is 164 g/mol. The van der Waals surface area contributed by atoms with Crippen LogP contribution in [0.2, 0.25) is 0 Å². The number of carbonyl (C=O) groups excluding carboxylic acids is 1. The largest absolute Gasteiger partial charge is 0.465 e. The summed E-state index contributed by atoms with van der Waals surface area (Å²) in [5.41, 5.74) is 0.503. The van der Waals surface area contributed by atoms with Gasteiger partial charge in [0.2, 0.25) is 0 Å². The minimum Gasteiger partial charge on any atom is -0.465 e. The molecule has 0 atom stereocenters. The Morgan fingerprint density at radius 1 is 1.73 bits per heavy atom. The Balaban J connectivity index is 2.73. The van der Waals surface area contributed by atoms with Crippen molar-refractivity contribution < 1.29 is 9.53 Å². The van der Waals surface area contributed by atoms with Crippen molar-refractivity contribution in [2.75, 3.05) is 7.11 Å². The van der Waals surface area contributed by atoms with Crippen LogP contribution in [-0.2, 0) is 9.53 Å². The van der Waals surface area contributed by atoms with E-state index >= 15 is 0 Å². The zero-order chi connectivity index (χ0) is 8.27. The van der Waals surface area contributed by atoms with E-state index in [1.54, 1.807) is 12.2 Å². The lowest BCUT2D eigenvalue weighted by molar-refractivity contribution is -0.135. The van der Waals surface area contributed by atoms with E-state index in [-0.39, 0.29) is 5.97 Å². The van der Waals surface area contributed by atoms with Gasteiger partial charge in [-0.3, -0.25) is 0 Å². The third-order valence-corrected chi connectivity index (χ3v) is 1.61. The zero-order valence-electron chi connectivity index (χ0n) is 6.13. The molecule has 3 heteroatoms. The van der Waals surface area contributed by atoms with Gasteiger partial charge in [0, 0.05) is 5.03 Å². The summed E-state index contributed by atoms with van der Waals surface area (Å²) in [6.07, 6.45) is 5.85. The fraction of sp³-hybridized carbons (Fsp3) is 0.250. The second-order valence-electron chi connectivity index (χ2n) is 2.14. The van der Waals surface area contributed by atoms with Crippen LogP contribution in [0.4, 0.5) is 0 Å². The molecule has 0 bridgehead atoms. The van der Waals surface area contributed by atoms with Gasteiger partial charge >= 0.3 is 5.97 Å². The Morgan fingerprint density at radius 3 is 3.00 bits per heavy atom. The monoisotopic (exact) mass is 171 g/mol. The average Bonchev–Trinajstić information content (AvgIpc) is 2.03. The van der Waals surface area contributed by atoms with Crippen LogP contribution in [0.25, 0.3) is 0 Å². The molecule has 0 aromatic carbocycles. The second kappa shape index (κ2) is 3.58. The molecule has 0 saturated carbocycles. The molecule has 2 nitrogen and oxygen atoms in total. The van der Waals surface area contributed by atoms with E-state index in [9.17, 15) is 4.79 Å². The van der Waals surface area contributed by atoms with Gasteiger partial charge in [-0.25, -0.2) is 4.79 Å². The number of allylic oxidation sites excluding steroid dienone is 2. The average molecular weight is 172 g/mol. The first kappa shape index (κ1) is 8.34. The summed E-state index contributed by atoms with van der Waals surface area (Å²) >= 11 is 5.69. The fourth-order valence-corrected chi connectivity index (χ4v) is 1.03. The molecule has 0 amide bonds. The molecule has 1 aliphatic rings. The number of carbonyl (C=O) groups is 1. The van der Waals surface area contributed by atoms with Crippen LogP contribution in [0.3, 0.4) is 0 Å². The summed E-state index contributed by atoms with van der Waals surface area (Å²) in [7, 11) is 1.35. The Hall–Kier alpha value is -0.760. The van der Waals surface area contributed by atoms with Crippen LogP contribution >= 0.6 is 11.6 Å². The van der Waals surface area contributed by atoms with Gasteiger partial charge in [-0.15, -0.1) is 0 Å². The summed E-state index contributed by atoms with van der Waals surface area (Å²) in [5, 5.41) is 0.660. The van der Waals surface area contributed by atoms with Crippen LogP contribution in [0.1, 0.15) is 6.42 Å². The van der Waals surface area contributed by atoms with E-state index in [1.165, 1.54) is 7.11 Å². The molecule has 1 radical (unpaired) electrons. The van der Waals surface area contributed by atoms with Crippen molar-refractivity contribution in [3.63, 3.8) is 0 Å². The van der Waals surface area contributed by atoms with Crippen molar-refractivity contribution in [2.24, 2.45) is 0 Å². The molecule has 0 fully saturated rings. The van der Waals surface area contributed by atoms with E-state index in [0.29, 0.717) is 17.0 Å². The van der Waals surface area contributed by atoms with Crippen molar-refractivity contribution in [3.05, 3.63) is 29.2 Å². The highest BCUT2D eigenvalue weighted by atomic mass is 35.5. The summed E-state index contributed by atoms with van der Waals surface area (Å²) in [4.78, 5) is 10.9. The van der Waals surface area contributed by atoms with Crippen molar-refractivity contribution in [1.29, 1.82) is 0 Å². The van der Waals surface area contributed by atoms with Crippen LogP contribution in [0.15, 0.2) is 22.8 Å². The quantitative estimate of drug-likeness (QED) is 0.563. The Morgan fingerprint density at radius 2 is 2.45 bits per heavy atom. The van der Waals surface area contributed by atoms with E-state index < -0.39 is 0 Å². The van der Waals surface area contributed by atoms with Crippen LogP contribution in [0, 0.1) is 6.42 Å². The maximum Gasteiger partial charge on any atom is 0.337 e. The molecule has 1 aliphatic carbocycles. The first-order valence-corrected chi connectivity index (χ1v) is 3.59. The number of halogens is 1. The predicted molar refractivity (Wildman–Crippen MR) is 43.0 cm³/mol. The van der Waals surface area contributed by atoms with Crippen molar-refractivity contribution in [1.82, 2.24) is 0 Å². The van der Waals surface area contributed by atoms with Crippen LogP contribution in [-0.4, -0.2) is 13.1 Å². The number of rotatable bonds is 1. The second-order valence-corrected chi connectivity index (χ2v) is 2.63. The minimum absolute atomic E-state index is 0.348. The standard InChI is InChI=1S/C8H8ClO2/c1-11-8(10)6-3-2-4-7(9)5-6/h2-3,5H,4H2,1H3. The number of hydrogen-bond acceptors (Lipinski definition) is 2. The molecule has 0 unspecified atom stereocenters. The summed E-state index contributed by atoms with van der Waals surface area (Å²) in [6, 6.07) is 0. The van der Waals surface area contributed by atoms with Gasteiger partial charge in [0.1, 0.15) is 0 Å². The third-order valence-electron chi connectivity index (χ3n) is 1.34. The highest BCUT2D eigenvalue weighted by Gasteiger charge is 2.10. The summed E-state index contributed by atoms with van der Waals surface area (Å²) in [5.74, 6) is -0.348. The lowest BCUT2D eigenvalue weighted by atomic mass is 10.1. The molecular formula is C8H8ClO2. The molecule has 0 aromatic rings. The van der Waals surface area contributed by atoms with Gasteiger partial charge in [0.05, 0.1) is 12.7 Å². The SMILES string of the molecule is COC(=O)C1=C[CH]CC(Cl)=C1. The van der Waals surface area contributed by atoms with E-state index in [4.69, 9.17) is 11.6 Å². The van der Waals surface area contributed by atoms with Crippen LogP contribution in [0.5, 0.6) is 0 Å². The maximum absolute atomic E-state index is 10.9. The molecule has 0 spiro atoms. The topological polar surface area (TPSA) is 26.3 Å². The highest BCUT2D eigenvalue weighted by Crippen LogP contribution is 2.19. The number of methoxy groups -OCH3 is 1. The van der Waals surface area contributed by atoms with Gasteiger partial charge in [0.15, 0.2) is 0 Å². The highest BCUT2D eigenvalue weighted by molar-refractivity contribution is 6.30. The lowest BCUT2D eigenvalue weighted by Gasteiger charge is -2.06. The van der Waals surface area contributed by atoms with Gasteiger partial charge in [-0.2, -0.15) is 0 Å². The first-order chi connectivity index (χ1) is 5.24. The summed E-state index contributed by atoms with van der Waals surface area (Å²) in [6.45, 7) is 0. The first-order valence-electron chi connectivity index (χ1n) is 3.22. The van der Waals surface area contributed by atoms with Gasteiger partial charge in [-0.05, 0) is 18.9 Å². The van der Waals surface area contributed by atoms with E-state index in [1.807, 2.05) is 6.42 Å². The van der Waals surface area contributed by atoms with Gasteiger partial charge in [0.25, 0.3) is 0 Å². The molecule has 0 aliphatic heterocycles. The van der Waals surface area contributed by atoms with E-state index in [0.717, 1.165) is 0 Å². The normalized spacial score (nSPS) is 16.9. The molecule has 59 valence electrons. The Kier molecular flexibility index (Phi) is 2.71. The molecule has 0 aromatic heterocycles. The third kappa shape index (κ3) is 2.09. The molecule has 1 rings (SSSR count). The lowest BCUT2D eigenvalue weighted by Crippen LogP contribution is -2.05. The maximum atomic E-state index is 10.9. The summed E-state index contributed by atoms with van der Waals surface area (Å²) < 4.78 is 4.51.